The average molecular weight is 218 g/mol. The van der Waals surface area contributed by atoms with Crippen molar-refractivity contribution >= 4 is 0 Å². The van der Waals surface area contributed by atoms with Crippen LogP contribution in [0.2, 0.25) is 0 Å². The summed E-state index contributed by atoms with van der Waals surface area (Å²) in [6.07, 6.45) is -2.95. The van der Waals surface area contributed by atoms with Crippen molar-refractivity contribution in [3.8, 4) is 0 Å². The van der Waals surface area contributed by atoms with Crippen molar-refractivity contribution in [1.29, 1.82) is 0 Å². The van der Waals surface area contributed by atoms with Gasteiger partial charge < -0.3 is 10.2 Å². The first-order chi connectivity index (χ1) is 6.76. The van der Waals surface area contributed by atoms with E-state index < -0.39 is 28.2 Å². The molecule has 1 rings (SSSR count). The molecule has 15 heavy (non-hydrogen) atoms. The van der Waals surface area contributed by atoms with Crippen LogP contribution in [0.15, 0.2) is 5.18 Å². The lowest BCUT2D eigenvalue weighted by atomic mass is 9.69. The van der Waals surface area contributed by atoms with Crippen molar-refractivity contribution in [1.82, 2.24) is 0 Å². The molecule has 0 aliphatic heterocycles. The van der Waals surface area contributed by atoms with Crippen LogP contribution in [0.3, 0.4) is 0 Å². The lowest BCUT2D eigenvalue weighted by Gasteiger charge is -2.42. The van der Waals surface area contributed by atoms with Gasteiger partial charge in [-0.15, -0.1) is 4.91 Å². The van der Waals surface area contributed by atoms with Gasteiger partial charge in [-0.1, -0.05) is 13.8 Å². The molecule has 7 heteroatoms. The molecular weight excluding hydrogens is 204 g/mol. The van der Waals surface area contributed by atoms with E-state index in [0.717, 1.165) is 0 Å². The number of aliphatic hydroxyl groups is 2. The number of rotatable bonds is 2. The highest BCUT2D eigenvalue weighted by Gasteiger charge is 2.58. The van der Waals surface area contributed by atoms with Gasteiger partial charge in [0.25, 0.3) is 0 Å². The third-order valence-electron chi connectivity index (χ3n) is 3.27. The van der Waals surface area contributed by atoms with E-state index in [2.05, 4.69) is 5.18 Å². The maximum atomic E-state index is 10.7. The van der Waals surface area contributed by atoms with Crippen LogP contribution in [0.25, 0.3) is 0 Å². The van der Waals surface area contributed by atoms with Crippen LogP contribution in [0.5, 0.6) is 0 Å². The van der Waals surface area contributed by atoms with Crippen LogP contribution in [0.1, 0.15) is 26.7 Å². The predicted octanol–water partition coefficient (Wildman–Crippen LogP) is 0.268. The highest BCUT2D eigenvalue weighted by Crippen LogP contribution is 2.42. The number of hydrogen-bond donors (Lipinski definition) is 2. The third kappa shape index (κ3) is 1.72. The highest BCUT2D eigenvalue weighted by atomic mass is 16.6. The number of nitrogens with zero attached hydrogens (tertiary/aromatic N) is 2. The second-order valence-electron chi connectivity index (χ2n) is 4.59. The number of hydrogen-bond acceptors (Lipinski definition) is 6. The number of aliphatic hydroxyl groups excluding tert-OH is 2. The molecule has 1 fully saturated rings. The van der Waals surface area contributed by atoms with Crippen LogP contribution < -0.4 is 0 Å². The fraction of sp³-hybridized carbons (Fsp3) is 1.00. The van der Waals surface area contributed by atoms with Gasteiger partial charge in [0.15, 0.2) is 0 Å². The summed E-state index contributed by atoms with van der Waals surface area (Å²) in [6.45, 7) is 3.19. The standard InChI is InChI=1S/C8H14N2O5/c1-7(2)5(11)3-8(9-13,10(14)15)4-6(7)12/h5-6,11-12H,3-4H2,1-2H3. The van der Waals surface area contributed by atoms with Crippen molar-refractivity contribution in [2.24, 2.45) is 10.6 Å². The Morgan fingerprint density at radius 1 is 1.33 bits per heavy atom. The summed E-state index contributed by atoms with van der Waals surface area (Å²) in [5.41, 5.74) is -2.95. The molecule has 7 nitrogen and oxygen atoms in total. The Labute approximate surface area is 86.2 Å². The summed E-state index contributed by atoms with van der Waals surface area (Å²) in [5, 5.41) is 32.5. The first-order valence-corrected chi connectivity index (χ1v) is 4.61. The summed E-state index contributed by atoms with van der Waals surface area (Å²) in [5.74, 6) is 0. The smallest absolute Gasteiger partial charge is 0.353 e. The lowest BCUT2D eigenvalue weighted by Crippen LogP contribution is -2.56. The van der Waals surface area contributed by atoms with Gasteiger partial charge in [0.05, 0.1) is 30.0 Å². The van der Waals surface area contributed by atoms with Crippen molar-refractivity contribution < 1.29 is 15.1 Å². The molecule has 0 aromatic carbocycles. The van der Waals surface area contributed by atoms with E-state index in [0.29, 0.717) is 0 Å². The quantitative estimate of drug-likeness (QED) is 0.392. The normalized spacial score (nSPS) is 39.7. The number of nitro groups is 1. The average Bonchev–Trinajstić information content (AvgIpc) is 2.13. The summed E-state index contributed by atoms with van der Waals surface area (Å²) in [4.78, 5) is 20.4. The van der Waals surface area contributed by atoms with Crippen LogP contribution >= 0.6 is 0 Å². The van der Waals surface area contributed by atoms with Gasteiger partial charge in [-0.05, 0) is 0 Å². The predicted molar refractivity (Wildman–Crippen MR) is 50.5 cm³/mol. The van der Waals surface area contributed by atoms with E-state index in [4.69, 9.17) is 0 Å². The van der Waals surface area contributed by atoms with Gasteiger partial charge in [-0.2, -0.15) is 0 Å². The second kappa shape index (κ2) is 3.49. The highest BCUT2D eigenvalue weighted by molar-refractivity contribution is 4.98. The van der Waals surface area contributed by atoms with Gasteiger partial charge in [0.2, 0.25) is 0 Å². The maximum Gasteiger partial charge on any atom is 0.353 e. The van der Waals surface area contributed by atoms with Gasteiger partial charge >= 0.3 is 5.66 Å². The Morgan fingerprint density at radius 2 is 1.73 bits per heavy atom. The fourth-order valence-corrected chi connectivity index (χ4v) is 1.71. The Balaban J connectivity index is 3.02. The Hall–Kier alpha value is -1.08. The van der Waals surface area contributed by atoms with E-state index in [9.17, 15) is 25.2 Å². The second-order valence-corrected chi connectivity index (χ2v) is 4.59. The van der Waals surface area contributed by atoms with Gasteiger partial charge in [0, 0.05) is 10.6 Å². The third-order valence-corrected chi connectivity index (χ3v) is 3.27. The lowest BCUT2D eigenvalue weighted by molar-refractivity contribution is -0.580. The molecule has 1 aliphatic carbocycles. The maximum absolute atomic E-state index is 10.7. The molecule has 0 bridgehead atoms. The number of nitroso groups, excluding NO2 is 1. The molecule has 2 unspecified atom stereocenters. The van der Waals surface area contributed by atoms with E-state index in [1.165, 1.54) is 0 Å². The molecule has 0 saturated heterocycles. The van der Waals surface area contributed by atoms with Crippen molar-refractivity contribution in [3.63, 3.8) is 0 Å². The minimum absolute atomic E-state index is 0.354. The molecule has 0 aromatic heterocycles. The molecule has 0 heterocycles. The van der Waals surface area contributed by atoms with Crippen LogP contribution in [-0.4, -0.2) is 33.0 Å². The molecule has 0 amide bonds. The van der Waals surface area contributed by atoms with Gasteiger partial charge in [0.1, 0.15) is 0 Å². The topological polar surface area (TPSA) is 113 Å². The molecular formula is C8H14N2O5. The Bertz CT molecular complexity index is 277. The first kappa shape index (κ1) is 12.0. The monoisotopic (exact) mass is 218 g/mol. The van der Waals surface area contributed by atoms with E-state index in [-0.39, 0.29) is 12.8 Å². The molecule has 2 atom stereocenters. The van der Waals surface area contributed by atoms with Crippen LogP contribution in [0, 0.1) is 20.4 Å². The SMILES string of the molecule is CC1(C)C(O)CC(N=O)([N+](=O)[O-])CC1O. The molecule has 0 aromatic rings. The molecule has 1 aliphatic rings. The fourth-order valence-electron chi connectivity index (χ4n) is 1.71. The minimum Gasteiger partial charge on any atom is -0.392 e. The zero-order chi connectivity index (χ0) is 11.9. The zero-order valence-corrected chi connectivity index (χ0v) is 8.58. The molecule has 1 saturated carbocycles. The minimum atomic E-state index is -2.09. The van der Waals surface area contributed by atoms with Gasteiger partial charge in [-0.25, -0.2) is 0 Å². The van der Waals surface area contributed by atoms with E-state index in [1.807, 2.05) is 0 Å². The van der Waals surface area contributed by atoms with E-state index >= 15 is 0 Å². The molecule has 0 spiro atoms. The Morgan fingerprint density at radius 3 is 2.00 bits per heavy atom. The Kier molecular flexibility index (Phi) is 2.79. The largest absolute Gasteiger partial charge is 0.392 e. The van der Waals surface area contributed by atoms with Crippen LogP contribution in [0.4, 0.5) is 0 Å². The van der Waals surface area contributed by atoms with Gasteiger partial charge in [-0.3, -0.25) is 10.1 Å². The summed E-state index contributed by atoms with van der Waals surface area (Å²) in [6, 6.07) is 0. The first-order valence-electron chi connectivity index (χ1n) is 4.61. The molecule has 86 valence electrons. The molecule has 0 radical (unpaired) electrons. The summed E-state index contributed by atoms with van der Waals surface area (Å²) < 4.78 is 0. The van der Waals surface area contributed by atoms with Crippen LogP contribution in [-0.2, 0) is 0 Å². The summed E-state index contributed by atoms with van der Waals surface area (Å²) in [7, 11) is 0. The van der Waals surface area contributed by atoms with E-state index in [1.54, 1.807) is 13.8 Å². The van der Waals surface area contributed by atoms with Crippen molar-refractivity contribution in [3.05, 3.63) is 15.0 Å². The van der Waals surface area contributed by atoms with Crippen molar-refractivity contribution in [2.45, 2.75) is 44.6 Å². The zero-order valence-electron chi connectivity index (χ0n) is 8.58. The molecule has 2 N–H and O–H groups in total. The summed E-state index contributed by atoms with van der Waals surface area (Å²) >= 11 is 0. The van der Waals surface area contributed by atoms with Crippen molar-refractivity contribution in [2.75, 3.05) is 0 Å².